The molecule has 5 N–H and O–H groups in total. The lowest BCUT2D eigenvalue weighted by molar-refractivity contribution is -0.218. The molecule has 0 unspecified atom stereocenters. The molecule has 0 saturated heterocycles. The number of hydrogen-bond acceptors (Lipinski definition) is 9. The highest BCUT2D eigenvalue weighted by Gasteiger charge is 2.68. The van der Waals surface area contributed by atoms with Gasteiger partial charge in [-0.1, -0.05) is 0 Å². The van der Waals surface area contributed by atoms with E-state index in [0.717, 1.165) is 0 Å². The van der Waals surface area contributed by atoms with Gasteiger partial charge in [0.1, 0.15) is 12.2 Å². The summed E-state index contributed by atoms with van der Waals surface area (Å²) in [4.78, 5) is 46.7. The number of carbonyl (C=O) groups is 4. The molecule has 0 aromatic heterocycles. The number of aliphatic hydroxyl groups excluding tert-OH is 2. The fraction of sp³-hybridized carbons (Fsp3) is 0.667. The van der Waals surface area contributed by atoms with Crippen molar-refractivity contribution in [2.24, 2.45) is 0 Å². The van der Waals surface area contributed by atoms with Crippen molar-refractivity contribution < 1.29 is 44.7 Å². The van der Waals surface area contributed by atoms with Crippen LogP contribution in [-0.4, -0.2) is 75.5 Å². The molecule has 0 aliphatic heterocycles. The van der Waals surface area contributed by atoms with Gasteiger partial charge in [0.05, 0.1) is 0 Å². The van der Waals surface area contributed by atoms with E-state index in [4.69, 9.17) is 0 Å². The maximum atomic E-state index is 11.9. The smallest absolute Gasteiger partial charge is 0.240 e. The lowest BCUT2D eigenvalue weighted by Gasteiger charge is -2.43. The quantitative estimate of drug-likeness (QED) is 0.154. The molecule has 0 aromatic carbocycles. The van der Waals surface area contributed by atoms with E-state index in [1.54, 1.807) is 0 Å². The molecule has 9 nitrogen and oxygen atoms in total. The summed E-state index contributed by atoms with van der Waals surface area (Å²) in [5.41, 5.74) is -7.26. The summed E-state index contributed by atoms with van der Waals surface area (Å²) in [7, 11) is 0. The first-order valence-electron chi connectivity index (χ1n) is 6.04. The van der Waals surface area contributed by atoms with Gasteiger partial charge in [-0.3, -0.25) is 19.2 Å². The van der Waals surface area contributed by atoms with Crippen LogP contribution in [0.4, 0.5) is 0 Å². The number of aliphatic hydroxyl groups is 5. The number of ketones is 4. The number of Topliss-reactive ketones (excluding diaryl/α,β-unsaturated/α-hetero) is 4. The zero-order chi connectivity index (χ0) is 19.0. The Hall–Kier alpha value is -0.560. The summed E-state index contributed by atoms with van der Waals surface area (Å²) in [5, 5.41) is 50.1. The third-order valence-corrected chi connectivity index (χ3v) is 4.27. The van der Waals surface area contributed by atoms with Gasteiger partial charge in [-0.15, -0.1) is 0 Å². The van der Waals surface area contributed by atoms with Gasteiger partial charge in [-0.2, -0.15) is 0 Å². The lowest BCUT2D eigenvalue weighted by atomic mass is 9.69. The molecule has 0 aliphatic carbocycles. The minimum absolute atomic E-state index is 0.600. The Morgan fingerprint density at radius 2 is 1.22 bits per heavy atom. The fourth-order valence-electron chi connectivity index (χ4n) is 1.95. The van der Waals surface area contributed by atoms with E-state index in [-0.39, 0.29) is 0 Å². The van der Waals surface area contributed by atoms with Gasteiger partial charge in [0.2, 0.25) is 14.8 Å². The second kappa shape index (κ2) is 7.13. The largest absolute Gasteiger partial charge is 0.387 e. The van der Waals surface area contributed by atoms with Crippen LogP contribution in [-0.2, 0) is 19.2 Å². The molecule has 0 rings (SSSR count). The van der Waals surface area contributed by atoms with E-state index in [0.29, 0.717) is 20.8 Å². The van der Waals surface area contributed by atoms with Gasteiger partial charge in [-0.05, 0) is 45.7 Å². The van der Waals surface area contributed by atoms with Crippen LogP contribution >= 0.6 is 31.9 Å². The van der Waals surface area contributed by atoms with Gasteiger partial charge >= 0.3 is 0 Å². The number of alkyl halides is 2. The van der Waals surface area contributed by atoms with Crippen molar-refractivity contribution in [2.45, 2.75) is 47.6 Å². The highest BCUT2D eigenvalue weighted by Crippen LogP contribution is 2.37. The van der Waals surface area contributed by atoms with Crippen molar-refractivity contribution in [3.8, 4) is 0 Å². The summed E-state index contributed by atoms with van der Waals surface area (Å²) in [6, 6.07) is 0. The second-order valence-electron chi connectivity index (χ2n) is 4.95. The topological polar surface area (TPSA) is 169 Å². The van der Waals surface area contributed by atoms with Crippen molar-refractivity contribution in [1.29, 1.82) is 0 Å². The Balaban J connectivity index is 6.51. The van der Waals surface area contributed by atoms with Crippen molar-refractivity contribution in [1.82, 2.24) is 0 Å². The molecule has 0 amide bonds. The average Bonchev–Trinajstić information content (AvgIpc) is 2.40. The highest BCUT2D eigenvalue weighted by atomic mass is 79.9. The Morgan fingerprint density at radius 3 is 1.43 bits per heavy atom. The zero-order valence-corrected chi connectivity index (χ0v) is 15.5. The summed E-state index contributed by atoms with van der Waals surface area (Å²) >= 11 is 4.95. The average molecular weight is 464 g/mol. The molecule has 132 valence electrons. The van der Waals surface area contributed by atoms with E-state index >= 15 is 0 Å². The van der Waals surface area contributed by atoms with Crippen LogP contribution in [0.25, 0.3) is 0 Å². The van der Waals surface area contributed by atoms with Crippen LogP contribution in [0.15, 0.2) is 0 Å². The molecule has 0 saturated carbocycles. The van der Waals surface area contributed by atoms with Crippen LogP contribution in [0.1, 0.15) is 20.8 Å². The van der Waals surface area contributed by atoms with Crippen molar-refractivity contribution in [3.05, 3.63) is 0 Å². The van der Waals surface area contributed by atoms with Gasteiger partial charge < -0.3 is 25.5 Å². The summed E-state index contributed by atoms with van der Waals surface area (Å²) in [6.45, 7) is 1.88. The maximum absolute atomic E-state index is 11.9. The van der Waals surface area contributed by atoms with E-state index in [9.17, 15) is 44.7 Å². The predicted molar refractivity (Wildman–Crippen MR) is 81.8 cm³/mol. The van der Waals surface area contributed by atoms with Crippen LogP contribution in [0.2, 0.25) is 0 Å². The second-order valence-corrected chi connectivity index (χ2v) is 8.43. The van der Waals surface area contributed by atoms with Crippen LogP contribution < -0.4 is 0 Å². The predicted octanol–water partition coefficient (Wildman–Crippen LogP) is -2.06. The lowest BCUT2D eigenvalue weighted by Crippen LogP contribution is -2.75. The number of carbonyl (C=O) groups excluding carboxylic acids is 4. The molecule has 0 radical (unpaired) electrons. The molecule has 0 spiro atoms. The van der Waals surface area contributed by atoms with Gasteiger partial charge in [-0.25, -0.2) is 0 Å². The summed E-state index contributed by atoms with van der Waals surface area (Å²) in [5.74, 6) is -6.26. The molecular formula is C12H16Br2O9. The van der Waals surface area contributed by atoms with Crippen LogP contribution in [0.5, 0.6) is 0 Å². The number of rotatable bonds is 8. The van der Waals surface area contributed by atoms with E-state index < -0.39 is 50.0 Å². The summed E-state index contributed by atoms with van der Waals surface area (Å²) in [6.07, 6.45) is -5.14. The number of halogens is 2. The first-order chi connectivity index (χ1) is 10.1. The molecule has 0 fully saturated rings. The molecule has 0 heterocycles. The standard InChI is InChI=1S/C12H16Br2O9/c1-4(15)7(18)10(21,5(2)16)11(22,6(3)17)8(19)9(20)12(13,14)23/h8-9,19-23H,1-3H3/t8-,9+,10+,11+/m1/s1. The SMILES string of the molecule is CC(=O)C(=O)[C@@](O)(C(C)=O)[C@](O)(C(C)=O)[C@H](O)[C@H](O)C(O)(Br)Br. The van der Waals surface area contributed by atoms with E-state index in [1.165, 1.54) is 0 Å². The van der Waals surface area contributed by atoms with Crippen molar-refractivity contribution in [3.63, 3.8) is 0 Å². The van der Waals surface area contributed by atoms with E-state index in [2.05, 4.69) is 31.9 Å². The minimum atomic E-state index is -3.66. The van der Waals surface area contributed by atoms with Crippen LogP contribution in [0, 0.1) is 0 Å². The van der Waals surface area contributed by atoms with Crippen molar-refractivity contribution >= 4 is 55.0 Å². The first kappa shape index (κ1) is 22.4. The maximum Gasteiger partial charge on any atom is 0.240 e. The Morgan fingerprint density at radius 1 is 0.826 bits per heavy atom. The monoisotopic (exact) mass is 462 g/mol. The molecule has 0 aliphatic rings. The van der Waals surface area contributed by atoms with Gasteiger partial charge in [0, 0.05) is 6.92 Å². The summed E-state index contributed by atoms with van der Waals surface area (Å²) < 4.78 is -2.44. The Kier molecular flexibility index (Phi) is 6.96. The zero-order valence-electron chi connectivity index (χ0n) is 12.3. The molecule has 0 aromatic rings. The van der Waals surface area contributed by atoms with Crippen molar-refractivity contribution in [2.75, 3.05) is 0 Å². The molecular weight excluding hydrogens is 448 g/mol. The Labute approximate surface area is 147 Å². The first-order valence-corrected chi connectivity index (χ1v) is 7.63. The fourth-order valence-corrected chi connectivity index (χ4v) is 2.45. The third kappa shape index (κ3) is 3.76. The molecule has 0 bridgehead atoms. The number of hydrogen-bond donors (Lipinski definition) is 5. The normalized spacial score (nSPS) is 19.9. The van der Waals surface area contributed by atoms with Gasteiger partial charge in [0.25, 0.3) is 0 Å². The van der Waals surface area contributed by atoms with E-state index in [1.807, 2.05) is 0 Å². The highest BCUT2D eigenvalue weighted by molar-refractivity contribution is 9.25. The molecule has 4 atom stereocenters. The third-order valence-electron chi connectivity index (χ3n) is 3.33. The van der Waals surface area contributed by atoms with Gasteiger partial charge in [0.15, 0.2) is 23.0 Å². The Bertz CT molecular complexity index is 541. The molecule has 11 heteroatoms. The molecule has 23 heavy (non-hydrogen) atoms. The minimum Gasteiger partial charge on any atom is -0.387 e. The van der Waals surface area contributed by atoms with Crippen LogP contribution in [0.3, 0.4) is 0 Å².